The lowest BCUT2D eigenvalue weighted by atomic mass is 9.93. The first kappa shape index (κ1) is 25.1. The highest BCUT2D eigenvalue weighted by Crippen LogP contribution is 2.28. The van der Waals surface area contributed by atoms with Gasteiger partial charge in [-0.3, -0.25) is 4.79 Å². The Bertz CT molecular complexity index is 720. The molecule has 0 radical (unpaired) electrons. The summed E-state index contributed by atoms with van der Waals surface area (Å²) in [7, 11) is 0. The number of hydrogen-bond donors (Lipinski definition) is 3. The van der Waals surface area contributed by atoms with Gasteiger partial charge in [0.25, 0.3) is 0 Å². The first-order valence-electron chi connectivity index (χ1n) is 9.34. The quantitative estimate of drug-likeness (QED) is 0.501. The van der Waals surface area contributed by atoms with Crippen molar-refractivity contribution in [2.75, 3.05) is 24.5 Å². The fourth-order valence-corrected chi connectivity index (χ4v) is 3.35. The maximum Gasteiger partial charge on any atom is 0.328 e. The average Bonchev–Trinajstić information content (AvgIpc) is 2.69. The van der Waals surface area contributed by atoms with Gasteiger partial charge in [-0.25, -0.2) is 9.59 Å². The van der Waals surface area contributed by atoms with Crippen molar-refractivity contribution in [2.45, 2.75) is 32.6 Å². The normalized spacial score (nSPS) is 14.2. The van der Waals surface area contributed by atoms with Gasteiger partial charge in [0.15, 0.2) is 0 Å². The van der Waals surface area contributed by atoms with Crippen molar-refractivity contribution in [2.24, 2.45) is 5.92 Å². The summed E-state index contributed by atoms with van der Waals surface area (Å²) in [6.07, 6.45) is 5.09. The number of rotatable bonds is 7. The fourth-order valence-electron chi connectivity index (χ4n) is 2.93. The lowest BCUT2D eigenvalue weighted by Gasteiger charge is -2.25. The number of amides is 1. The number of nitrogens with one attached hydrogen (secondary N) is 1. The molecule has 29 heavy (non-hydrogen) atoms. The van der Waals surface area contributed by atoms with Gasteiger partial charge in [0.1, 0.15) is 0 Å². The number of aliphatic carboxylic acids is 2. The van der Waals surface area contributed by atoms with E-state index in [-0.39, 0.29) is 5.91 Å². The number of halogens is 2. The van der Waals surface area contributed by atoms with Crippen LogP contribution in [0.25, 0.3) is 0 Å². The SMILES string of the molecule is CCN(C(=O)CCC1CCNCC1)c1ccc(Br)c(Cl)c1.O=C(O)/C=C/C(=O)O. The molecule has 0 aliphatic carbocycles. The molecular formula is C20H26BrClN2O5. The van der Waals surface area contributed by atoms with Gasteiger partial charge in [0, 0.05) is 35.3 Å². The van der Waals surface area contributed by atoms with Crippen molar-refractivity contribution in [1.82, 2.24) is 5.32 Å². The van der Waals surface area contributed by atoms with Crippen LogP contribution < -0.4 is 10.2 Å². The van der Waals surface area contributed by atoms with Crippen LogP contribution in [0.15, 0.2) is 34.8 Å². The molecule has 1 heterocycles. The highest BCUT2D eigenvalue weighted by molar-refractivity contribution is 9.10. The van der Waals surface area contributed by atoms with E-state index in [2.05, 4.69) is 21.2 Å². The molecule has 1 saturated heterocycles. The van der Waals surface area contributed by atoms with Crippen LogP contribution in [0.3, 0.4) is 0 Å². The molecule has 0 unspecified atom stereocenters. The van der Waals surface area contributed by atoms with Gasteiger partial charge < -0.3 is 20.4 Å². The van der Waals surface area contributed by atoms with Gasteiger partial charge >= 0.3 is 11.9 Å². The lowest BCUT2D eigenvalue weighted by molar-refractivity contribution is -0.134. The molecule has 1 aromatic rings. The zero-order chi connectivity index (χ0) is 21.8. The molecule has 0 bridgehead atoms. The number of nitrogens with zero attached hydrogens (tertiary/aromatic N) is 1. The molecule has 0 saturated carbocycles. The molecule has 0 aromatic heterocycles. The van der Waals surface area contributed by atoms with E-state index in [1.807, 2.05) is 30.0 Å². The number of carbonyl (C=O) groups is 3. The summed E-state index contributed by atoms with van der Waals surface area (Å²) in [5.74, 6) is -1.64. The van der Waals surface area contributed by atoms with Crippen molar-refractivity contribution in [1.29, 1.82) is 0 Å². The lowest BCUT2D eigenvalue weighted by Crippen LogP contribution is -2.32. The van der Waals surface area contributed by atoms with E-state index in [1.54, 1.807) is 0 Å². The molecule has 7 nitrogen and oxygen atoms in total. The molecule has 3 N–H and O–H groups in total. The Hall–Kier alpha value is -1.90. The largest absolute Gasteiger partial charge is 0.478 e. The van der Waals surface area contributed by atoms with E-state index < -0.39 is 11.9 Å². The Balaban J connectivity index is 0.000000447. The second-order valence-corrected chi connectivity index (χ2v) is 7.74. The maximum atomic E-state index is 12.5. The summed E-state index contributed by atoms with van der Waals surface area (Å²) < 4.78 is 0.853. The van der Waals surface area contributed by atoms with Crippen molar-refractivity contribution >= 4 is 51.1 Å². The summed E-state index contributed by atoms with van der Waals surface area (Å²) in [6.45, 7) is 4.83. The Labute approximate surface area is 183 Å². The van der Waals surface area contributed by atoms with E-state index in [0.717, 1.165) is 29.7 Å². The number of carboxylic acid groups (broad SMARTS) is 2. The number of hydrogen-bond acceptors (Lipinski definition) is 4. The topological polar surface area (TPSA) is 107 Å². The maximum absolute atomic E-state index is 12.5. The molecule has 0 spiro atoms. The Morgan fingerprint density at radius 1 is 1.21 bits per heavy atom. The molecular weight excluding hydrogens is 464 g/mol. The van der Waals surface area contributed by atoms with Gasteiger partial charge in [0.2, 0.25) is 5.91 Å². The number of benzene rings is 1. The second kappa shape index (κ2) is 13.3. The molecule has 1 aliphatic rings. The van der Waals surface area contributed by atoms with E-state index in [1.165, 1.54) is 12.8 Å². The zero-order valence-electron chi connectivity index (χ0n) is 16.2. The highest BCUT2D eigenvalue weighted by atomic mass is 79.9. The Morgan fingerprint density at radius 2 is 1.79 bits per heavy atom. The minimum atomic E-state index is -1.26. The van der Waals surface area contributed by atoms with Crippen molar-refractivity contribution in [3.05, 3.63) is 39.8 Å². The van der Waals surface area contributed by atoms with Crippen molar-refractivity contribution < 1.29 is 24.6 Å². The van der Waals surface area contributed by atoms with Gasteiger partial charge in [-0.1, -0.05) is 11.6 Å². The molecule has 0 atom stereocenters. The fraction of sp³-hybridized carbons (Fsp3) is 0.450. The summed E-state index contributed by atoms with van der Waals surface area (Å²) in [5.41, 5.74) is 0.876. The van der Waals surface area contributed by atoms with Gasteiger partial charge in [-0.2, -0.15) is 0 Å². The molecule has 1 aliphatic heterocycles. The zero-order valence-corrected chi connectivity index (χ0v) is 18.6. The van der Waals surface area contributed by atoms with E-state index >= 15 is 0 Å². The molecule has 160 valence electrons. The summed E-state index contributed by atoms with van der Waals surface area (Å²) >= 11 is 9.51. The third-order valence-electron chi connectivity index (χ3n) is 4.43. The smallest absolute Gasteiger partial charge is 0.328 e. The third kappa shape index (κ3) is 9.92. The van der Waals surface area contributed by atoms with Crippen LogP contribution in [0.2, 0.25) is 5.02 Å². The van der Waals surface area contributed by atoms with E-state index in [9.17, 15) is 14.4 Å². The summed E-state index contributed by atoms with van der Waals surface area (Å²) in [5, 5.41) is 19.6. The summed E-state index contributed by atoms with van der Waals surface area (Å²) in [4.78, 5) is 33.4. The predicted molar refractivity (Wildman–Crippen MR) is 116 cm³/mol. The standard InChI is InChI=1S/C16H22BrClN2O.C4H4O4/c1-2-20(13-4-5-14(17)15(18)11-13)16(21)6-3-12-7-9-19-10-8-12;5-3(6)1-2-4(7)8/h4-5,11-12,19H,2-3,6-10H2,1H3;1-2H,(H,5,6)(H,7,8)/b;2-1+. The number of piperidine rings is 1. The first-order valence-corrected chi connectivity index (χ1v) is 10.5. The van der Waals surface area contributed by atoms with Crippen LogP contribution in [0, 0.1) is 5.92 Å². The first-order chi connectivity index (χ1) is 13.7. The summed E-state index contributed by atoms with van der Waals surface area (Å²) in [6, 6.07) is 5.67. The molecule has 2 rings (SSSR count). The minimum Gasteiger partial charge on any atom is -0.478 e. The van der Waals surface area contributed by atoms with Crippen molar-refractivity contribution in [3.8, 4) is 0 Å². The molecule has 1 fully saturated rings. The van der Waals surface area contributed by atoms with Crippen molar-refractivity contribution in [3.63, 3.8) is 0 Å². The predicted octanol–water partition coefficient (Wildman–Crippen LogP) is 3.95. The van der Waals surface area contributed by atoms with Crippen LogP contribution in [-0.4, -0.2) is 47.7 Å². The van der Waals surface area contributed by atoms with Crippen LogP contribution in [-0.2, 0) is 14.4 Å². The minimum absolute atomic E-state index is 0.189. The number of carbonyl (C=O) groups excluding carboxylic acids is 1. The van der Waals surface area contributed by atoms with Crippen LogP contribution >= 0.6 is 27.5 Å². The van der Waals surface area contributed by atoms with E-state index in [4.69, 9.17) is 21.8 Å². The highest BCUT2D eigenvalue weighted by Gasteiger charge is 2.18. The molecule has 9 heteroatoms. The Morgan fingerprint density at radius 3 is 2.28 bits per heavy atom. The number of carboxylic acids is 2. The monoisotopic (exact) mass is 488 g/mol. The molecule has 1 amide bonds. The van der Waals surface area contributed by atoms with Gasteiger partial charge in [-0.05, 0) is 79.3 Å². The van der Waals surface area contributed by atoms with Crippen LogP contribution in [0.1, 0.15) is 32.6 Å². The van der Waals surface area contributed by atoms with Gasteiger partial charge in [0.05, 0.1) is 5.02 Å². The second-order valence-electron chi connectivity index (χ2n) is 6.48. The van der Waals surface area contributed by atoms with Crippen LogP contribution in [0.4, 0.5) is 5.69 Å². The molecule has 1 aromatic carbocycles. The van der Waals surface area contributed by atoms with E-state index in [0.29, 0.717) is 36.1 Å². The van der Waals surface area contributed by atoms with Crippen LogP contribution in [0.5, 0.6) is 0 Å². The third-order valence-corrected chi connectivity index (χ3v) is 5.66. The van der Waals surface area contributed by atoms with Gasteiger partial charge in [-0.15, -0.1) is 0 Å². The Kier molecular flexibility index (Phi) is 11.6. The average molecular weight is 490 g/mol. The number of anilines is 1.